The van der Waals surface area contributed by atoms with Crippen molar-refractivity contribution in [1.29, 1.82) is 0 Å². The van der Waals surface area contributed by atoms with Gasteiger partial charge in [-0.25, -0.2) is 0 Å². The van der Waals surface area contributed by atoms with Gasteiger partial charge in [-0.15, -0.1) is 0 Å². The van der Waals surface area contributed by atoms with Gasteiger partial charge >= 0.3 is 0 Å². The fourth-order valence-corrected chi connectivity index (χ4v) is 5.09. The number of fused-ring (bicyclic) bond motifs is 7. The molecule has 0 N–H and O–H groups in total. The topological polar surface area (TPSA) is 20.3 Å². The minimum Gasteiger partial charge on any atom is -0.323 e. The van der Waals surface area contributed by atoms with Gasteiger partial charge in [0.1, 0.15) is 0 Å². The molecule has 0 spiro atoms. The van der Waals surface area contributed by atoms with Crippen molar-refractivity contribution in [1.82, 2.24) is 4.90 Å². The first-order valence-electron chi connectivity index (χ1n) is 7.51. The Morgan fingerprint density at radius 2 is 1.62 bits per heavy atom. The van der Waals surface area contributed by atoms with Gasteiger partial charge in [0, 0.05) is 6.04 Å². The molecule has 2 aliphatic heterocycles. The van der Waals surface area contributed by atoms with Crippen molar-refractivity contribution < 1.29 is 4.57 Å². The second-order valence-corrected chi connectivity index (χ2v) is 10.1. The lowest BCUT2D eigenvalue weighted by molar-refractivity contribution is 0.198. The molecule has 0 fully saturated rings. The summed E-state index contributed by atoms with van der Waals surface area (Å²) in [6.07, 6.45) is 1.73. The highest BCUT2D eigenvalue weighted by Gasteiger charge is 2.44. The molecule has 2 aliphatic rings. The number of benzene rings is 2. The highest BCUT2D eigenvalue weighted by atomic mass is 31.2. The fourth-order valence-electron chi connectivity index (χ4n) is 3.94. The van der Waals surface area contributed by atoms with Crippen LogP contribution in [0.3, 0.4) is 0 Å². The number of nitrogens with zero attached hydrogens (tertiary/aromatic N) is 1. The van der Waals surface area contributed by atoms with Crippen molar-refractivity contribution in [3.63, 3.8) is 0 Å². The molecule has 0 amide bonds. The molecule has 0 aliphatic carbocycles. The van der Waals surface area contributed by atoms with E-state index in [2.05, 4.69) is 53.4 Å². The van der Waals surface area contributed by atoms with Gasteiger partial charge in [0.15, 0.2) is 0 Å². The van der Waals surface area contributed by atoms with Gasteiger partial charge in [0.05, 0.1) is 19.5 Å². The Hall–Kier alpha value is -1.37. The molecule has 2 aromatic rings. The molecule has 2 atom stereocenters. The Labute approximate surface area is 126 Å². The Morgan fingerprint density at radius 1 is 1.00 bits per heavy atom. The second kappa shape index (κ2) is 4.56. The van der Waals surface area contributed by atoms with Crippen molar-refractivity contribution in [3.05, 3.63) is 70.8 Å². The largest absolute Gasteiger partial charge is 0.323 e. The number of rotatable bonds is 2. The lowest BCUT2D eigenvalue weighted by Crippen LogP contribution is -2.33. The van der Waals surface area contributed by atoms with Gasteiger partial charge in [0.2, 0.25) is 0 Å². The van der Waals surface area contributed by atoms with Crippen molar-refractivity contribution in [2.75, 3.05) is 19.6 Å². The lowest BCUT2D eigenvalue weighted by Gasteiger charge is -2.37. The molecule has 2 unspecified atom stereocenters. The average Bonchev–Trinajstić information content (AvgIpc) is 2.64. The Kier molecular flexibility index (Phi) is 2.89. The molecule has 108 valence electrons. The fraction of sp³-hybridized carbons (Fsp3) is 0.333. The molecule has 0 radical (unpaired) electrons. The van der Waals surface area contributed by atoms with E-state index in [9.17, 15) is 4.57 Å². The normalized spacial score (nSPS) is 23.7. The molecule has 2 heterocycles. The highest BCUT2D eigenvalue weighted by Crippen LogP contribution is 2.54. The van der Waals surface area contributed by atoms with Crippen molar-refractivity contribution in [2.45, 2.75) is 18.5 Å². The van der Waals surface area contributed by atoms with E-state index in [1.165, 1.54) is 22.3 Å². The van der Waals surface area contributed by atoms with E-state index in [1.54, 1.807) is 0 Å². The smallest absolute Gasteiger partial charge is 0.0952 e. The van der Waals surface area contributed by atoms with Crippen LogP contribution in [0.1, 0.15) is 34.3 Å². The van der Waals surface area contributed by atoms with Gasteiger partial charge in [-0.3, -0.25) is 4.90 Å². The Bertz CT molecular complexity index is 737. The van der Waals surface area contributed by atoms with Crippen molar-refractivity contribution in [3.8, 4) is 0 Å². The first-order valence-corrected chi connectivity index (χ1v) is 10.3. The van der Waals surface area contributed by atoms with Crippen LogP contribution in [0.15, 0.2) is 48.5 Å². The maximum atomic E-state index is 12.4. The molecule has 21 heavy (non-hydrogen) atoms. The summed E-state index contributed by atoms with van der Waals surface area (Å²) in [5.74, 6) is 0. The molecular formula is C18H20NOP. The van der Waals surface area contributed by atoms with Crippen LogP contribution < -0.4 is 0 Å². The van der Waals surface area contributed by atoms with E-state index in [4.69, 9.17) is 0 Å². The molecule has 4 rings (SSSR count). The van der Waals surface area contributed by atoms with Crippen LogP contribution >= 0.6 is 7.14 Å². The monoisotopic (exact) mass is 297 g/mol. The zero-order chi connectivity index (χ0) is 14.6. The number of hydrogen-bond donors (Lipinski definition) is 0. The minimum absolute atomic E-state index is 0.282. The molecule has 2 aromatic carbocycles. The maximum Gasteiger partial charge on any atom is 0.0952 e. The van der Waals surface area contributed by atoms with E-state index < -0.39 is 7.14 Å². The zero-order valence-corrected chi connectivity index (χ0v) is 13.4. The van der Waals surface area contributed by atoms with Crippen LogP contribution in [0.4, 0.5) is 0 Å². The summed E-state index contributed by atoms with van der Waals surface area (Å²) in [4.78, 5) is 2.47. The minimum atomic E-state index is -2.08. The van der Waals surface area contributed by atoms with Gasteiger partial charge in [-0.1, -0.05) is 48.5 Å². The van der Waals surface area contributed by atoms with Crippen LogP contribution in [-0.2, 0) is 11.0 Å². The summed E-state index contributed by atoms with van der Waals surface area (Å²) < 4.78 is 12.4. The third kappa shape index (κ3) is 2.09. The Balaban J connectivity index is 1.89. The SMILES string of the molecule is CP(C)(=O)CN1C2Cc3ccccc3C1c1ccccc12. The quantitative estimate of drug-likeness (QED) is 0.772. The summed E-state index contributed by atoms with van der Waals surface area (Å²) in [6, 6.07) is 18.1. The number of hydrogen-bond acceptors (Lipinski definition) is 2. The summed E-state index contributed by atoms with van der Waals surface area (Å²) in [5.41, 5.74) is 5.67. The van der Waals surface area contributed by atoms with E-state index in [1.807, 2.05) is 13.3 Å². The summed E-state index contributed by atoms with van der Waals surface area (Å²) in [6.45, 7) is 3.80. The third-order valence-electron chi connectivity index (χ3n) is 4.65. The average molecular weight is 297 g/mol. The summed E-state index contributed by atoms with van der Waals surface area (Å²) >= 11 is 0. The van der Waals surface area contributed by atoms with Crippen LogP contribution in [0.2, 0.25) is 0 Å². The van der Waals surface area contributed by atoms with Crippen LogP contribution in [0.25, 0.3) is 0 Å². The van der Waals surface area contributed by atoms with Crippen molar-refractivity contribution in [2.24, 2.45) is 0 Å². The van der Waals surface area contributed by atoms with Crippen LogP contribution in [0, 0.1) is 0 Å². The van der Waals surface area contributed by atoms with Crippen LogP contribution in [0.5, 0.6) is 0 Å². The third-order valence-corrected chi connectivity index (χ3v) is 5.66. The molecule has 3 heteroatoms. The van der Waals surface area contributed by atoms with E-state index >= 15 is 0 Å². The van der Waals surface area contributed by atoms with Crippen molar-refractivity contribution >= 4 is 7.14 Å². The first-order chi connectivity index (χ1) is 10.0. The van der Waals surface area contributed by atoms with Gasteiger partial charge in [-0.05, 0) is 42.0 Å². The van der Waals surface area contributed by atoms with E-state index in [0.717, 1.165) is 6.42 Å². The summed E-state index contributed by atoms with van der Waals surface area (Å²) in [5, 5.41) is 0. The molecule has 0 aromatic heterocycles. The predicted octanol–water partition coefficient (Wildman–Crippen LogP) is 4.27. The zero-order valence-electron chi connectivity index (χ0n) is 12.5. The molecular weight excluding hydrogens is 277 g/mol. The molecule has 0 saturated heterocycles. The van der Waals surface area contributed by atoms with Gasteiger partial charge in [-0.2, -0.15) is 0 Å². The second-order valence-electron chi connectivity index (χ2n) is 6.68. The molecule has 2 nitrogen and oxygen atoms in total. The standard InChI is InChI=1S/C18H20NOP/c1-21(2,20)12-19-17-11-13-7-3-4-8-14(13)18(19)16-10-6-5-9-15(16)17/h3-10,17-18H,11-12H2,1-2H3. The molecule has 2 bridgehead atoms. The van der Waals surface area contributed by atoms with Crippen LogP contribution in [-0.4, -0.2) is 24.5 Å². The first kappa shape index (κ1) is 13.3. The van der Waals surface area contributed by atoms with Gasteiger partial charge < -0.3 is 4.57 Å². The lowest BCUT2D eigenvalue weighted by atomic mass is 9.92. The van der Waals surface area contributed by atoms with Gasteiger partial charge in [0.25, 0.3) is 0 Å². The summed E-state index contributed by atoms with van der Waals surface area (Å²) in [7, 11) is -2.08. The maximum absolute atomic E-state index is 12.4. The highest BCUT2D eigenvalue weighted by molar-refractivity contribution is 7.62. The predicted molar refractivity (Wildman–Crippen MR) is 87.3 cm³/mol. The van der Waals surface area contributed by atoms with E-state index in [-0.39, 0.29) is 6.04 Å². The van der Waals surface area contributed by atoms with E-state index in [0.29, 0.717) is 12.3 Å². The molecule has 0 saturated carbocycles. The Morgan fingerprint density at radius 3 is 2.33 bits per heavy atom.